The second-order valence-corrected chi connectivity index (χ2v) is 6.07. The number of likely N-dealkylation sites (tertiary alicyclic amines) is 1. The normalized spacial score (nSPS) is 33.1. The zero-order valence-electron chi connectivity index (χ0n) is 12.1. The van der Waals surface area contributed by atoms with Crippen LogP contribution in [-0.4, -0.2) is 47.2 Å². The van der Waals surface area contributed by atoms with Gasteiger partial charge in [-0.1, -0.05) is 19.8 Å². The number of piperidine rings is 1. The minimum absolute atomic E-state index is 0.168. The van der Waals surface area contributed by atoms with Crippen molar-refractivity contribution in [3.05, 3.63) is 0 Å². The highest BCUT2D eigenvalue weighted by Crippen LogP contribution is 2.25. The quantitative estimate of drug-likeness (QED) is 0.815. The molecule has 1 amide bonds. The standard InChI is InChI=1S/C15H28N2O2/c1-2-6-15(19)16-12-7-5-10-17(11-12)13-8-3-4-9-14(13)18/h12-14,18H,2-11H2,1H3,(H,16,19). The van der Waals surface area contributed by atoms with Crippen molar-refractivity contribution in [3.8, 4) is 0 Å². The van der Waals surface area contributed by atoms with E-state index >= 15 is 0 Å². The van der Waals surface area contributed by atoms with Crippen LogP contribution in [-0.2, 0) is 4.79 Å². The molecule has 2 rings (SSSR count). The summed E-state index contributed by atoms with van der Waals surface area (Å²) in [6.45, 7) is 4.02. The molecule has 19 heavy (non-hydrogen) atoms. The number of aliphatic hydroxyl groups is 1. The van der Waals surface area contributed by atoms with Gasteiger partial charge in [0.2, 0.25) is 5.91 Å². The molecule has 1 saturated carbocycles. The molecule has 0 aromatic carbocycles. The van der Waals surface area contributed by atoms with Crippen LogP contribution in [0.4, 0.5) is 0 Å². The molecule has 4 heteroatoms. The summed E-state index contributed by atoms with van der Waals surface area (Å²) in [7, 11) is 0. The molecule has 0 radical (unpaired) electrons. The lowest BCUT2D eigenvalue weighted by Gasteiger charge is -2.42. The molecule has 1 aliphatic heterocycles. The monoisotopic (exact) mass is 268 g/mol. The summed E-state index contributed by atoms with van der Waals surface area (Å²) in [6.07, 6.45) is 8.00. The predicted octanol–water partition coefficient (Wildman–Crippen LogP) is 1.67. The average molecular weight is 268 g/mol. The van der Waals surface area contributed by atoms with Gasteiger partial charge >= 0.3 is 0 Å². The molecule has 3 atom stereocenters. The van der Waals surface area contributed by atoms with Crippen molar-refractivity contribution in [1.82, 2.24) is 10.2 Å². The summed E-state index contributed by atoms with van der Waals surface area (Å²) >= 11 is 0. The number of aliphatic hydroxyl groups excluding tert-OH is 1. The number of amides is 1. The van der Waals surface area contributed by atoms with E-state index in [1.165, 1.54) is 6.42 Å². The molecule has 2 N–H and O–H groups in total. The summed E-state index contributed by atoms with van der Waals surface area (Å²) in [5.41, 5.74) is 0. The Hall–Kier alpha value is -0.610. The molecular formula is C15H28N2O2. The number of carbonyl (C=O) groups excluding carboxylic acids is 1. The molecule has 0 spiro atoms. The number of hydrogen-bond donors (Lipinski definition) is 2. The molecule has 3 unspecified atom stereocenters. The van der Waals surface area contributed by atoms with Crippen LogP contribution in [0.25, 0.3) is 0 Å². The Bertz CT molecular complexity index is 296. The Balaban J connectivity index is 1.84. The van der Waals surface area contributed by atoms with E-state index in [1.54, 1.807) is 0 Å². The molecule has 0 aromatic rings. The largest absolute Gasteiger partial charge is 0.391 e. The second-order valence-electron chi connectivity index (χ2n) is 6.07. The molecule has 1 saturated heterocycles. The van der Waals surface area contributed by atoms with E-state index < -0.39 is 0 Å². The first-order chi connectivity index (χ1) is 9.20. The first kappa shape index (κ1) is 14.8. The van der Waals surface area contributed by atoms with Gasteiger partial charge in [-0.15, -0.1) is 0 Å². The average Bonchev–Trinajstić information content (AvgIpc) is 2.40. The van der Waals surface area contributed by atoms with Gasteiger partial charge in [-0.2, -0.15) is 0 Å². The van der Waals surface area contributed by atoms with Gasteiger partial charge in [0, 0.05) is 25.0 Å². The Labute approximate surface area is 116 Å². The molecular weight excluding hydrogens is 240 g/mol. The lowest BCUT2D eigenvalue weighted by Crippen LogP contribution is -2.54. The van der Waals surface area contributed by atoms with E-state index in [-0.39, 0.29) is 18.1 Å². The van der Waals surface area contributed by atoms with Crippen molar-refractivity contribution in [2.24, 2.45) is 0 Å². The van der Waals surface area contributed by atoms with Gasteiger partial charge < -0.3 is 10.4 Å². The molecule has 0 aromatic heterocycles. The maximum Gasteiger partial charge on any atom is 0.220 e. The van der Waals surface area contributed by atoms with Crippen LogP contribution in [0.1, 0.15) is 58.3 Å². The van der Waals surface area contributed by atoms with E-state index in [0.29, 0.717) is 12.5 Å². The van der Waals surface area contributed by atoms with Crippen LogP contribution in [0.15, 0.2) is 0 Å². The van der Waals surface area contributed by atoms with Crippen LogP contribution in [0.3, 0.4) is 0 Å². The maximum absolute atomic E-state index is 11.7. The van der Waals surface area contributed by atoms with Crippen molar-refractivity contribution in [2.75, 3.05) is 13.1 Å². The molecule has 2 fully saturated rings. The van der Waals surface area contributed by atoms with Gasteiger partial charge in [-0.3, -0.25) is 9.69 Å². The highest BCUT2D eigenvalue weighted by Gasteiger charge is 2.32. The highest BCUT2D eigenvalue weighted by atomic mass is 16.3. The number of carbonyl (C=O) groups is 1. The van der Waals surface area contributed by atoms with Gasteiger partial charge in [0.05, 0.1) is 6.10 Å². The van der Waals surface area contributed by atoms with Crippen molar-refractivity contribution in [3.63, 3.8) is 0 Å². The highest BCUT2D eigenvalue weighted by molar-refractivity contribution is 5.76. The van der Waals surface area contributed by atoms with E-state index in [1.807, 2.05) is 6.92 Å². The third-order valence-corrected chi connectivity index (χ3v) is 4.46. The minimum atomic E-state index is -0.168. The second kappa shape index (κ2) is 7.25. The summed E-state index contributed by atoms with van der Waals surface area (Å²) in [5, 5.41) is 13.3. The SMILES string of the molecule is CCCC(=O)NC1CCCN(C2CCCCC2O)C1. The van der Waals surface area contributed by atoms with Gasteiger partial charge in [-0.25, -0.2) is 0 Å². The van der Waals surface area contributed by atoms with Crippen LogP contribution in [0, 0.1) is 0 Å². The van der Waals surface area contributed by atoms with Crippen molar-refractivity contribution < 1.29 is 9.90 Å². The van der Waals surface area contributed by atoms with Crippen LogP contribution in [0.5, 0.6) is 0 Å². The van der Waals surface area contributed by atoms with Gasteiger partial charge in [0.15, 0.2) is 0 Å². The fourth-order valence-corrected chi connectivity index (χ4v) is 3.47. The lowest BCUT2D eigenvalue weighted by molar-refractivity contribution is -0.122. The van der Waals surface area contributed by atoms with Gasteiger partial charge in [-0.05, 0) is 38.6 Å². The molecule has 4 nitrogen and oxygen atoms in total. The topological polar surface area (TPSA) is 52.6 Å². The van der Waals surface area contributed by atoms with Crippen molar-refractivity contribution in [2.45, 2.75) is 76.5 Å². The van der Waals surface area contributed by atoms with E-state index in [2.05, 4.69) is 10.2 Å². The molecule has 1 heterocycles. The van der Waals surface area contributed by atoms with Crippen LogP contribution < -0.4 is 5.32 Å². The lowest BCUT2D eigenvalue weighted by atomic mass is 9.89. The number of nitrogens with zero attached hydrogens (tertiary/aromatic N) is 1. The smallest absolute Gasteiger partial charge is 0.220 e. The third-order valence-electron chi connectivity index (χ3n) is 4.46. The molecule has 2 aliphatic rings. The van der Waals surface area contributed by atoms with E-state index in [9.17, 15) is 9.90 Å². The Morgan fingerprint density at radius 2 is 2.05 bits per heavy atom. The van der Waals surface area contributed by atoms with Crippen LogP contribution >= 0.6 is 0 Å². The Morgan fingerprint density at radius 3 is 2.79 bits per heavy atom. The van der Waals surface area contributed by atoms with Crippen molar-refractivity contribution in [1.29, 1.82) is 0 Å². The predicted molar refractivity (Wildman–Crippen MR) is 75.9 cm³/mol. The van der Waals surface area contributed by atoms with E-state index in [0.717, 1.165) is 51.6 Å². The zero-order chi connectivity index (χ0) is 13.7. The Morgan fingerprint density at radius 1 is 1.26 bits per heavy atom. The van der Waals surface area contributed by atoms with Gasteiger partial charge in [0.1, 0.15) is 0 Å². The first-order valence-corrected chi connectivity index (χ1v) is 7.92. The minimum Gasteiger partial charge on any atom is -0.391 e. The molecule has 110 valence electrons. The Kier molecular flexibility index (Phi) is 5.64. The summed E-state index contributed by atoms with van der Waals surface area (Å²) < 4.78 is 0. The fraction of sp³-hybridized carbons (Fsp3) is 0.933. The van der Waals surface area contributed by atoms with Gasteiger partial charge in [0.25, 0.3) is 0 Å². The van der Waals surface area contributed by atoms with E-state index in [4.69, 9.17) is 0 Å². The summed E-state index contributed by atoms with van der Waals surface area (Å²) in [5.74, 6) is 0.179. The summed E-state index contributed by atoms with van der Waals surface area (Å²) in [6, 6.07) is 0.599. The molecule has 1 aliphatic carbocycles. The number of nitrogens with one attached hydrogen (secondary N) is 1. The van der Waals surface area contributed by atoms with Crippen molar-refractivity contribution >= 4 is 5.91 Å². The maximum atomic E-state index is 11.7. The zero-order valence-corrected chi connectivity index (χ0v) is 12.1. The number of hydrogen-bond acceptors (Lipinski definition) is 3. The molecule has 0 bridgehead atoms. The first-order valence-electron chi connectivity index (χ1n) is 7.92. The van der Waals surface area contributed by atoms with Crippen LogP contribution in [0.2, 0.25) is 0 Å². The summed E-state index contributed by atoms with van der Waals surface area (Å²) in [4.78, 5) is 14.1. The fourth-order valence-electron chi connectivity index (χ4n) is 3.47. The third kappa shape index (κ3) is 4.18. The number of rotatable bonds is 4.